The molecule has 0 spiro atoms. The number of nitro benzene ring substituents is 1. The third-order valence-corrected chi connectivity index (χ3v) is 5.48. The summed E-state index contributed by atoms with van der Waals surface area (Å²) in [6, 6.07) is 4.51. The molecule has 1 atom stereocenters. The number of nitrogens with one attached hydrogen (secondary N) is 1. The van der Waals surface area contributed by atoms with Gasteiger partial charge in [0.05, 0.1) is 17.6 Å². The third-order valence-electron chi connectivity index (χ3n) is 3.19. The number of sulfonamides is 1. The van der Waals surface area contributed by atoms with E-state index in [1.165, 1.54) is 24.3 Å². The molecule has 24 heavy (non-hydrogen) atoms. The van der Waals surface area contributed by atoms with Crippen molar-refractivity contribution < 1.29 is 18.2 Å². The van der Waals surface area contributed by atoms with Crippen molar-refractivity contribution in [1.29, 1.82) is 0 Å². The number of para-hydroxylation sites is 1. The first-order chi connectivity index (χ1) is 11.4. The van der Waals surface area contributed by atoms with E-state index in [-0.39, 0.29) is 6.61 Å². The zero-order valence-corrected chi connectivity index (χ0v) is 15.0. The van der Waals surface area contributed by atoms with Gasteiger partial charge in [-0.2, -0.15) is 0 Å². The fourth-order valence-corrected chi connectivity index (χ4v) is 4.24. The summed E-state index contributed by atoms with van der Waals surface area (Å²) < 4.78 is 27.5. The molecule has 1 aromatic rings. The molecule has 0 radical (unpaired) electrons. The summed E-state index contributed by atoms with van der Waals surface area (Å²) in [5.41, 5.74) is -0.503. The van der Waals surface area contributed by atoms with E-state index in [0.29, 0.717) is 13.1 Å². The van der Waals surface area contributed by atoms with Crippen LogP contribution in [0, 0.1) is 10.1 Å². The quantitative estimate of drug-likeness (QED) is 0.413. The van der Waals surface area contributed by atoms with Crippen LogP contribution < -0.4 is 5.32 Å². The lowest BCUT2D eigenvalue weighted by molar-refractivity contribution is -0.387. The zero-order chi connectivity index (χ0) is 17.7. The summed E-state index contributed by atoms with van der Waals surface area (Å²) in [6.45, 7) is 4.32. The monoisotopic (exact) mass is 417 g/mol. The van der Waals surface area contributed by atoms with E-state index in [1.807, 2.05) is 0 Å². The summed E-state index contributed by atoms with van der Waals surface area (Å²) in [7, 11) is -4.26. The highest BCUT2D eigenvalue weighted by atomic mass is 79.9. The standard InChI is InChI=1S/C14H16BrN3O5S/c1-2-7-23-18(12-8-11(15)9-16-10-12)24(21,22)14-6-4-3-5-13(14)17(19)20/h2-6,8,12,16H,1,7,9-10H2. The molecule has 1 aromatic carbocycles. The van der Waals surface area contributed by atoms with Crippen LogP contribution in [0.4, 0.5) is 5.69 Å². The van der Waals surface area contributed by atoms with E-state index in [4.69, 9.17) is 4.84 Å². The maximum atomic E-state index is 13.0. The summed E-state index contributed by atoms with van der Waals surface area (Å²) in [5.74, 6) is 0. The predicted octanol–water partition coefficient (Wildman–Crippen LogP) is 1.95. The van der Waals surface area contributed by atoms with Gasteiger partial charge < -0.3 is 5.32 Å². The summed E-state index contributed by atoms with van der Waals surface area (Å²) in [5, 5.41) is 14.2. The number of benzene rings is 1. The Hall–Kier alpha value is -1.59. The lowest BCUT2D eigenvalue weighted by Crippen LogP contribution is -2.47. The maximum Gasteiger partial charge on any atom is 0.289 e. The molecule has 1 heterocycles. The number of halogens is 1. The molecule has 130 valence electrons. The summed E-state index contributed by atoms with van der Waals surface area (Å²) in [4.78, 5) is 15.3. The van der Waals surface area contributed by atoms with Gasteiger partial charge in [0.15, 0.2) is 4.90 Å². The molecule has 0 saturated heterocycles. The molecule has 1 N–H and O–H groups in total. The molecule has 2 rings (SSSR count). The second-order valence-corrected chi connectivity index (χ2v) is 7.65. The Morgan fingerprint density at radius 1 is 1.50 bits per heavy atom. The van der Waals surface area contributed by atoms with Crippen LogP contribution in [0.15, 0.2) is 52.4 Å². The zero-order valence-electron chi connectivity index (χ0n) is 12.6. The molecule has 10 heteroatoms. The van der Waals surface area contributed by atoms with Crippen molar-refractivity contribution in [2.75, 3.05) is 19.7 Å². The number of hydrogen-bond acceptors (Lipinski definition) is 6. The first kappa shape index (κ1) is 18.7. The van der Waals surface area contributed by atoms with Crippen LogP contribution in [0.3, 0.4) is 0 Å². The molecule has 1 aliphatic rings. The fourth-order valence-electron chi connectivity index (χ4n) is 2.19. The molecule has 0 amide bonds. The Kier molecular flexibility index (Phi) is 6.24. The van der Waals surface area contributed by atoms with Crippen molar-refractivity contribution in [3.8, 4) is 0 Å². The highest BCUT2D eigenvalue weighted by Gasteiger charge is 2.37. The number of hydrogen-bond donors (Lipinski definition) is 1. The molecule has 0 fully saturated rings. The number of nitrogens with zero attached hydrogens (tertiary/aromatic N) is 2. The van der Waals surface area contributed by atoms with Gasteiger partial charge in [-0.05, 0) is 6.07 Å². The minimum Gasteiger partial charge on any atom is -0.310 e. The second kappa shape index (κ2) is 7.99. The maximum absolute atomic E-state index is 13.0. The van der Waals surface area contributed by atoms with Crippen LogP contribution in [-0.2, 0) is 14.9 Å². The van der Waals surface area contributed by atoms with E-state index in [2.05, 4.69) is 27.8 Å². The van der Waals surface area contributed by atoms with E-state index in [1.54, 1.807) is 6.08 Å². The van der Waals surface area contributed by atoms with E-state index < -0.39 is 31.6 Å². The highest BCUT2D eigenvalue weighted by Crippen LogP contribution is 2.29. The van der Waals surface area contributed by atoms with Gasteiger partial charge in [-0.15, -0.1) is 6.58 Å². The van der Waals surface area contributed by atoms with E-state index >= 15 is 0 Å². The Morgan fingerprint density at radius 2 is 2.21 bits per heavy atom. The molecule has 0 aliphatic carbocycles. The van der Waals surface area contributed by atoms with Crippen molar-refractivity contribution in [3.05, 3.63) is 57.6 Å². The minimum atomic E-state index is -4.26. The van der Waals surface area contributed by atoms with Crippen LogP contribution in [0.25, 0.3) is 0 Å². The van der Waals surface area contributed by atoms with Crippen molar-refractivity contribution in [1.82, 2.24) is 9.79 Å². The number of rotatable bonds is 7. The van der Waals surface area contributed by atoms with E-state index in [0.717, 1.165) is 15.0 Å². The Labute approximate surface area is 148 Å². The van der Waals surface area contributed by atoms with Crippen LogP contribution in [0.1, 0.15) is 0 Å². The number of hydroxylamine groups is 1. The molecule has 8 nitrogen and oxygen atoms in total. The van der Waals surface area contributed by atoms with Crippen molar-refractivity contribution in [3.63, 3.8) is 0 Å². The average Bonchev–Trinajstić information content (AvgIpc) is 2.55. The average molecular weight is 418 g/mol. The van der Waals surface area contributed by atoms with Gasteiger partial charge in [0.25, 0.3) is 15.7 Å². The Balaban J connectivity index is 2.50. The summed E-state index contributed by atoms with van der Waals surface area (Å²) in [6.07, 6.45) is 3.09. The minimum absolute atomic E-state index is 0.0537. The van der Waals surface area contributed by atoms with Gasteiger partial charge in [-0.25, -0.2) is 8.42 Å². The Morgan fingerprint density at radius 3 is 2.83 bits per heavy atom. The first-order valence-corrected chi connectivity index (χ1v) is 9.20. The van der Waals surface area contributed by atoms with Gasteiger partial charge in [-0.3, -0.25) is 15.0 Å². The molecule has 1 unspecified atom stereocenters. The molecule has 0 saturated carbocycles. The van der Waals surface area contributed by atoms with Gasteiger partial charge in [0, 0.05) is 23.6 Å². The van der Waals surface area contributed by atoms with Gasteiger partial charge in [0.1, 0.15) is 0 Å². The van der Waals surface area contributed by atoms with Gasteiger partial charge in [0.2, 0.25) is 0 Å². The smallest absolute Gasteiger partial charge is 0.289 e. The highest BCUT2D eigenvalue weighted by molar-refractivity contribution is 9.11. The number of nitro groups is 1. The normalized spacial score (nSPS) is 18.2. The lowest BCUT2D eigenvalue weighted by Gasteiger charge is -2.30. The molecular formula is C14H16BrN3O5S. The van der Waals surface area contributed by atoms with Crippen LogP contribution in [0.5, 0.6) is 0 Å². The predicted molar refractivity (Wildman–Crippen MR) is 91.9 cm³/mol. The topological polar surface area (TPSA) is 102 Å². The first-order valence-electron chi connectivity index (χ1n) is 6.96. The SMILES string of the molecule is C=CCON(C1C=C(Br)CNC1)S(=O)(=O)c1ccccc1[N+](=O)[O-]. The summed E-state index contributed by atoms with van der Waals surface area (Å²) >= 11 is 3.32. The van der Waals surface area contributed by atoms with Crippen LogP contribution in [-0.4, -0.2) is 43.5 Å². The lowest BCUT2D eigenvalue weighted by atomic mass is 10.2. The van der Waals surface area contributed by atoms with Crippen LogP contribution in [0.2, 0.25) is 0 Å². The fraction of sp³-hybridized carbons (Fsp3) is 0.286. The molecule has 1 aliphatic heterocycles. The third kappa shape index (κ3) is 4.08. The van der Waals surface area contributed by atoms with E-state index in [9.17, 15) is 18.5 Å². The Bertz CT molecular complexity index is 765. The van der Waals surface area contributed by atoms with Crippen molar-refractivity contribution in [2.24, 2.45) is 0 Å². The second-order valence-electron chi connectivity index (χ2n) is 4.88. The molecule has 0 bridgehead atoms. The molecular weight excluding hydrogens is 402 g/mol. The van der Waals surface area contributed by atoms with Gasteiger partial charge >= 0.3 is 0 Å². The largest absolute Gasteiger partial charge is 0.310 e. The molecule has 0 aromatic heterocycles. The van der Waals surface area contributed by atoms with Crippen molar-refractivity contribution in [2.45, 2.75) is 10.9 Å². The van der Waals surface area contributed by atoms with Crippen molar-refractivity contribution >= 4 is 31.6 Å². The van der Waals surface area contributed by atoms with Gasteiger partial charge in [-0.1, -0.05) is 44.7 Å². The van der Waals surface area contributed by atoms with Crippen LogP contribution >= 0.6 is 15.9 Å².